The van der Waals surface area contributed by atoms with Gasteiger partial charge in [0.25, 0.3) is 11.8 Å². The summed E-state index contributed by atoms with van der Waals surface area (Å²) in [5.74, 6) is -2.19. The summed E-state index contributed by atoms with van der Waals surface area (Å²) in [6.45, 7) is 0.105. The fraction of sp³-hybridized carbons (Fsp3) is 0.200. The fourth-order valence-corrected chi connectivity index (χ4v) is 2.33. The highest BCUT2D eigenvalue weighted by molar-refractivity contribution is 6.21. The highest BCUT2D eigenvalue weighted by Crippen LogP contribution is 2.23. The van der Waals surface area contributed by atoms with Crippen molar-refractivity contribution in [3.8, 4) is 0 Å². The lowest BCUT2D eigenvalue weighted by molar-refractivity contribution is -0.0586. The fourth-order valence-electron chi connectivity index (χ4n) is 2.33. The van der Waals surface area contributed by atoms with Gasteiger partial charge in [-0.3, -0.25) is 14.3 Å². The number of aromatic nitrogens is 2. The molecule has 0 atom stereocenters. The Labute approximate surface area is 131 Å². The quantitative estimate of drug-likeness (QED) is 0.780. The van der Waals surface area contributed by atoms with Crippen LogP contribution in [0.15, 0.2) is 30.5 Å². The Bertz CT molecular complexity index is 776. The van der Waals surface area contributed by atoms with Crippen molar-refractivity contribution in [3.05, 3.63) is 52.8 Å². The molecule has 2 heterocycles. The molecule has 0 spiro atoms. The minimum Gasteiger partial charge on any atom is -0.378 e. The number of carbonyl (C=O) groups excluding carboxylic acids is 3. The number of fused-ring (bicyclic) bond motifs is 1. The Kier molecular flexibility index (Phi) is 3.67. The predicted molar refractivity (Wildman–Crippen MR) is 76.3 cm³/mol. The molecule has 8 heteroatoms. The number of rotatable bonds is 4. The third-order valence-electron chi connectivity index (χ3n) is 3.34. The molecule has 3 rings (SSSR count). The van der Waals surface area contributed by atoms with Crippen molar-refractivity contribution in [3.63, 3.8) is 0 Å². The zero-order valence-corrected chi connectivity index (χ0v) is 12.5. The molecule has 0 aliphatic carbocycles. The average Bonchev–Trinajstić information content (AvgIpc) is 3.02. The summed E-state index contributed by atoms with van der Waals surface area (Å²) in [7, 11) is 3.10. The van der Waals surface area contributed by atoms with Gasteiger partial charge in [-0.25, -0.2) is 4.79 Å². The van der Waals surface area contributed by atoms with Crippen LogP contribution in [0.4, 0.5) is 0 Å². The molecule has 1 aromatic carbocycles. The number of hydrogen-bond donors (Lipinski definition) is 0. The second-order valence-corrected chi connectivity index (χ2v) is 4.93. The molecule has 0 saturated carbocycles. The summed E-state index contributed by atoms with van der Waals surface area (Å²) < 4.78 is 6.39. The molecular weight excluding hydrogens is 302 g/mol. The Morgan fingerprint density at radius 2 is 1.78 bits per heavy atom. The first kappa shape index (κ1) is 14.9. The van der Waals surface area contributed by atoms with E-state index in [0.717, 1.165) is 0 Å². The van der Waals surface area contributed by atoms with E-state index < -0.39 is 17.8 Å². The van der Waals surface area contributed by atoms with Crippen LogP contribution in [0, 0.1) is 0 Å². The molecule has 1 aliphatic heterocycles. The van der Waals surface area contributed by atoms with Crippen molar-refractivity contribution in [2.45, 2.75) is 6.61 Å². The van der Waals surface area contributed by atoms with E-state index in [9.17, 15) is 14.4 Å². The molecule has 0 bridgehead atoms. The first-order valence-corrected chi connectivity index (χ1v) is 6.74. The lowest BCUT2D eigenvalue weighted by Crippen LogP contribution is -2.32. The van der Waals surface area contributed by atoms with Crippen molar-refractivity contribution in [2.75, 3.05) is 7.11 Å². The zero-order valence-electron chi connectivity index (χ0n) is 12.5. The van der Waals surface area contributed by atoms with Gasteiger partial charge in [0.15, 0.2) is 0 Å². The molecule has 1 aliphatic rings. The van der Waals surface area contributed by atoms with Gasteiger partial charge in [-0.2, -0.15) is 5.10 Å². The highest BCUT2D eigenvalue weighted by Gasteiger charge is 2.39. The molecule has 2 aromatic rings. The standard InChI is InChI=1S/C15H13N3O5/c1-17-7-11(12(16-17)8-22-2)15(21)23-18-13(19)9-5-3-4-6-10(9)14(18)20/h3-7H,8H2,1-2H3. The minimum absolute atomic E-state index is 0.105. The van der Waals surface area contributed by atoms with Crippen molar-refractivity contribution in [1.29, 1.82) is 0 Å². The summed E-state index contributed by atoms with van der Waals surface area (Å²) in [5, 5.41) is 4.54. The van der Waals surface area contributed by atoms with Crippen LogP contribution in [-0.4, -0.2) is 39.7 Å². The molecule has 23 heavy (non-hydrogen) atoms. The van der Waals surface area contributed by atoms with Crippen LogP contribution in [-0.2, 0) is 23.2 Å². The SMILES string of the molecule is COCc1nn(C)cc1C(=O)ON1C(=O)c2ccccc2C1=O. The van der Waals surface area contributed by atoms with Gasteiger partial charge in [0.05, 0.1) is 17.7 Å². The maximum atomic E-state index is 12.3. The number of hydrogen-bond acceptors (Lipinski definition) is 6. The van der Waals surface area contributed by atoms with E-state index in [1.54, 1.807) is 19.2 Å². The van der Waals surface area contributed by atoms with Gasteiger partial charge in [0.1, 0.15) is 11.3 Å². The number of methoxy groups -OCH3 is 1. The van der Waals surface area contributed by atoms with Crippen LogP contribution in [0.5, 0.6) is 0 Å². The number of aryl methyl sites for hydroxylation is 1. The van der Waals surface area contributed by atoms with Gasteiger partial charge >= 0.3 is 5.97 Å². The van der Waals surface area contributed by atoms with Crippen molar-refractivity contribution in [2.24, 2.45) is 7.05 Å². The van der Waals surface area contributed by atoms with E-state index in [-0.39, 0.29) is 23.3 Å². The molecule has 0 unspecified atom stereocenters. The molecular formula is C15H13N3O5. The van der Waals surface area contributed by atoms with Gasteiger partial charge in [0.2, 0.25) is 0 Å². The van der Waals surface area contributed by atoms with Crippen LogP contribution >= 0.6 is 0 Å². The molecule has 8 nitrogen and oxygen atoms in total. The number of hydroxylamine groups is 2. The van der Waals surface area contributed by atoms with Gasteiger partial charge in [0, 0.05) is 20.4 Å². The van der Waals surface area contributed by atoms with E-state index in [0.29, 0.717) is 10.8 Å². The Morgan fingerprint density at radius 3 is 2.35 bits per heavy atom. The lowest BCUT2D eigenvalue weighted by atomic mass is 10.1. The molecule has 0 fully saturated rings. The van der Waals surface area contributed by atoms with Crippen LogP contribution in [0.2, 0.25) is 0 Å². The molecule has 0 N–H and O–H groups in total. The number of benzene rings is 1. The summed E-state index contributed by atoms with van der Waals surface area (Å²) >= 11 is 0. The lowest BCUT2D eigenvalue weighted by Gasteiger charge is -2.12. The number of carbonyl (C=O) groups is 3. The van der Waals surface area contributed by atoms with Crippen LogP contribution in [0.3, 0.4) is 0 Å². The minimum atomic E-state index is -0.848. The first-order valence-electron chi connectivity index (χ1n) is 6.74. The van der Waals surface area contributed by atoms with Gasteiger partial charge in [-0.1, -0.05) is 17.2 Å². The topological polar surface area (TPSA) is 90.7 Å². The Hall–Kier alpha value is -3.00. The van der Waals surface area contributed by atoms with E-state index in [1.807, 2.05) is 0 Å². The van der Waals surface area contributed by atoms with Crippen molar-refractivity contribution < 1.29 is 24.0 Å². The monoisotopic (exact) mass is 315 g/mol. The predicted octanol–water partition coefficient (Wildman–Crippen LogP) is 0.935. The summed E-state index contributed by atoms with van der Waals surface area (Å²) in [6.07, 6.45) is 1.44. The summed E-state index contributed by atoms with van der Waals surface area (Å²) in [4.78, 5) is 41.6. The number of imide groups is 1. The van der Waals surface area contributed by atoms with Gasteiger partial charge in [-0.15, -0.1) is 0 Å². The highest BCUT2D eigenvalue weighted by atomic mass is 16.7. The second-order valence-electron chi connectivity index (χ2n) is 4.93. The molecule has 0 radical (unpaired) electrons. The maximum absolute atomic E-state index is 12.3. The number of nitrogens with zero attached hydrogens (tertiary/aromatic N) is 3. The van der Waals surface area contributed by atoms with Crippen molar-refractivity contribution in [1.82, 2.24) is 14.8 Å². The number of amides is 2. The smallest absolute Gasteiger partial charge is 0.367 e. The zero-order chi connectivity index (χ0) is 16.6. The molecule has 0 saturated heterocycles. The maximum Gasteiger partial charge on any atom is 0.367 e. The Morgan fingerprint density at radius 1 is 1.17 bits per heavy atom. The van der Waals surface area contributed by atoms with E-state index in [2.05, 4.69) is 5.10 Å². The molecule has 2 amide bonds. The van der Waals surface area contributed by atoms with Gasteiger partial charge in [-0.05, 0) is 12.1 Å². The second kappa shape index (κ2) is 5.65. The largest absolute Gasteiger partial charge is 0.378 e. The summed E-state index contributed by atoms with van der Waals surface area (Å²) in [5.41, 5.74) is 0.893. The van der Waals surface area contributed by atoms with Crippen LogP contribution in [0.1, 0.15) is 36.8 Å². The molecule has 1 aromatic heterocycles. The van der Waals surface area contributed by atoms with E-state index in [1.165, 1.54) is 30.1 Å². The van der Waals surface area contributed by atoms with Crippen LogP contribution in [0.25, 0.3) is 0 Å². The average molecular weight is 315 g/mol. The first-order chi connectivity index (χ1) is 11.0. The van der Waals surface area contributed by atoms with E-state index >= 15 is 0 Å². The molecule has 118 valence electrons. The number of ether oxygens (including phenoxy) is 1. The van der Waals surface area contributed by atoms with Gasteiger partial charge < -0.3 is 9.57 Å². The third-order valence-corrected chi connectivity index (χ3v) is 3.34. The van der Waals surface area contributed by atoms with E-state index in [4.69, 9.17) is 9.57 Å². The van der Waals surface area contributed by atoms with Crippen LogP contribution < -0.4 is 0 Å². The normalized spacial score (nSPS) is 13.4. The third kappa shape index (κ3) is 2.49. The Balaban J connectivity index is 1.85. The summed E-state index contributed by atoms with van der Waals surface area (Å²) in [6, 6.07) is 6.27. The van der Waals surface area contributed by atoms with Crippen molar-refractivity contribution >= 4 is 17.8 Å².